The zero-order valence-electron chi connectivity index (χ0n) is 32.9. The number of benzene rings is 9. The summed E-state index contributed by atoms with van der Waals surface area (Å²) in [5, 5.41) is 8.28. The minimum absolute atomic E-state index is 0.261. The molecule has 0 bridgehead atoms. The third-order valence-corrected chi connectivity index (χ3v) is 12.5. The van der Waals surface area contributed by atoms with Gasteiger partial charge < -0.3 is 18.0 Å². The van der Waals surface area contributed by atoms with Gasteiger partial charge in [-0.05, 0) is 47.5 Å². The van der Waals surface area contributed by atoms with Crippen molar-refractivity contribution in [3.05, 3.63) is 205 Å². The van der Waals surface area contributed by atoms with E-state index in [9.17, 15) is 0 Å². The number of fused-ring (bicyclic) bond motifs is 12. The lowest BCUT2D eigenvalue weighted by molar-refractivity contribution is 0.669. The van der Waals surface area contributed by atoms with E-state index in [1.165, 1.54) is 0 Å². The zero-order chi connectivity index (χ0) is 41.1. The topological polar surface area (TPSA) is 44.9 Å². The fourth-order valence-electron chi connectivity index (χ4n) is 9.97. The molecular formula is C56H30N4O2. The molecule has 13 rings (SSSR count). The van der Waals surface area contributed by atoms with Crippen LogP contribution in [0.2, 0.25) is 0 Å². The summed E-state index contributed by atoms with van der Waals surface area (Å²) in [5.41, 5.74) is 12.1. The fourth-order valence-corrected chi connectivity index (χ4v) is 9.97. The first-order valence-electron chi connectivity index (χ1n) is 20.5. The third kappa shape index (κ3) is 4.61. The van der Waals surface area contributed by atoms with Crippen LogP contribution in [0.25, 0.3) is 131 Å². The molecule has 9 aromatic carbocycles. The van der Waals surface area contributed by atoms with Crippen molar-refractivity contribution in [2.75, 3.05) is 0 Å². The van der Waals surface area contributed by atoms with Crippen molar-refractivity contribution >= 4 is 98.9 Å². The molecule has 62 heavy (non-hydrogen) atoms. The first-order chi connectivity index (χ1) is 30.7. The van der Waals surface area contributed by atoms with Crippen LogP contribution in [0.15, 0.2) is 191 Å². The molecular weight excluding hydrogens is 761 g/mol. The van der Waals surface area contributed by atoms with Crippen LogP contribution < -0.4 is 0 Å². The van der Waals surface area contributed by atoms with E-state index in [1.807, 2.05) is 84.9 Å². The molecule has 0 aliphatic rings. The van der Waals surface area contributed by atoms with Gasteiger partial charge in [0, 0.05) is 77.7 Å². The number of hydrogen-bond acceptors (Lipinski definition) is 2. The summed E-state index contributed by atoms with van der Waals surface area (Å²) in [4.78, 5) is 8.80. The van der Waals surface area contributed by atoms with Crippen molar-refractivity contribution in [2.24, 2.45) is 0 Å². The lowest BCUT2D eigenvalue weighted by Crippen LogP contribution is -2.06. The Morgan fingerprint density at radius 3 is 1.11 bits per heavy atom. The quantitative estimate of drug-likeness (QED) is 0.167. The van der Waals surface area contributed by atoms with E-state index in [0.29, 0.717) is 11.4 Å². The van der Waals surface area contributed by atoms with Gasteiger partial charge in [-0.1, -0.05) is 133 Å². The molecule has 286 valence electrons. The summed E-state index contributed by atoms with van der Waals surface area (Å²) in [6.45, 7) is 18.3. The van der Waals surface area contributed by atoms with Crippen LogP contribution >= 0.6 is 0 Å². The number of hydrogen-bond donors (Lipinski definition) is 0. The molecule has 0 fully saturated rings. The summed E-state index contributed by atoms with van der Waals surface area (Å²) in [7, 11) is 0. The first kappa shape index (κ1) is 34.1. The predicted octanol–water partition coefficient (Wildman–Crippen LogP) is 16.1. The Hall–Kier alpha value is -8.84. The number of nitrogens with zero attached hydrogens (tertiary/aromatic N) is 4. The first-order valence-corrected chi connectivity index (χ1v) is 20.5. The smallest absolute Gasteiger partial charge is 0.220 e. The summed E-state index contributed by atoms with van der Waals surface area (Å²) in [5.74, 6) is 0. The average molecular weight is 791 g/mol. The Bertz CT molecular complexity index is 3850. The van der Waals surface area contributed by atoms with Gasteiger partial charge in [0.05, 0.1) is 35.2 Å². The highest BCUT2D eigenvalue weighted by Crippen LogP contribution is 2.56. The van der Waals surface area contributed by atoms with Gasteiger partial charge in [-0.3, -0.25) is 0 Å². The highest BCUT2D eigenvalue weighted by atomic mass is 16.3. The monoisotopic (exact) mass is 790 g/mol. The van der Waals surface area contributed by atoms with Crippen LogP contribution in [-0.2, 0) is 0 Å². The Morgan fingerprint density at radius 2 is 0.694 bits per heavy atom. The molecule has 6 nitrogen and oxygen atoms in total. The molecule has 0 aliphatic heterocycles. The predicted molar refractivity (Wildman–Crippen MR) is 253 cm³/mol. The number of furan rings is 2. The van der Waals surface area contributed by atoms with E-state index in [4.69, 9.17) is 22.0 Å². The van der Waals surface area contributed by atoms with E-state index in [0.717, 1.165) is 110 Å². The van der Waals surface area contributed by atoms with E-state index < -0.39 is 0 Å². The number of aromatic nitrogens is 2. The lowest BCUT2D eigenvalue weighted by Gasteiger charge is -2.26. The molecule has 0 spiro atoms. The van der Waals surface area contributed by atoms with Crippen LogP contribution in [0.4, 0.5) is 11.4 Å². The minimum atomic E-state index is 0.261. The normalized spacial score (nSPS) is 11.8. The van der Waals surface area contributed by atoms with Gasteiger partial charge in [0.15, 0.2) is 0 Å². The van der Waals surface area contributed by atoms with Gasteiger partial charge in [0.2, 0.25) is 11.4 Å². The van der Waals surface area contributed by atoms with Crippen molar-refractivity contribution < 1.29 is 8.83 Å². The van der Waals surface area contributed by atoms with Crippen LogP contribution in [0, 0.1) is 13.1 Å². The van der Waals surface area contributed by atoms with Crippen molar-refractivity contribution in [1.82, 2.24) is 9.13 Å². The minimum Gasteiger partial charge on any atom is -0.456 e. The molecule has 0 saturated heterocycles. The van der Waals surface area contributed by atoms with Crippen molar-refractivity contribution in [3.63, 3.8) is 0 Å². The van der Waals surface area contributed by atoms with Gasteiger partial charge in [0.25, 0.3) is 0 Å². The molecule has 0 atom stereocenters. The van der Waals surface area contributed by atoms with Crippen LogP contribution in [-0.4, -0.2) is 9.13 Å². The van der Waals surface area contributed by atoms with Gasteiger partial charge in [0.1, 0.15) is 22.3 Å². The molecule has 4 heterocycles. The average Bonchev–Trinajstić information content (AvgIpc) is 4.07. The van der Waals surface area contributed by atoms with Crippen LogP contribution in [0.1, 0.15) is 0 Å². The summed E-state index contributed by atoms with van der Waals surface area (Å²) in [6.07, 6.45) is 0. The highest BCUT2D eigenvalue weighted by molar-refractivity contribution is 6.21. The van der Waals surface area contributed by atoms with E-state index in [2.05, 4.69) is 116 Å². The van der Waals surface area contributed by atoms with Crippen LogP contribution in [0.3, 0.4) is 0 Å². The second-order valence-electron chi connectivity index (χ2n) is 15.7. The van der Waals surface area contributed by atoms with E-state index >= 15 is 0 Å². The third-order valence-electron chi connectivity index (χ3n) is 12.5. The number of para-hydroxylation sites is 4. The second kappa shape index (κ2) is 12.8. The SMILES string of the molecule is [C-]#[N+]c1c([N+]#[C-])c(-n2c3ccccc3c3cc4c(cc32)oc2ccccc24)c(-c2ccccc2)c(-c2ccccc2)c1-n1c2ccccc2c2cc3c(cc21)oc1ccccc13. The van der Waals surface area contributed by atoms with E-state index in [-0.39, 0.29) is 11.4 Å². The van der Waals surface area contributed by atoms with Gasteiger partial charge >= 0.3 is 0 Å². The molecule has 4 aromatic heterocycles. The van der Waals surface area contributed by atoms with Gasteiger partial charge in [-0.25, -0.2) is 9.69 Å². The Labute approximate surface area is 353 Å². The summed E-state index contributed by atoms with van der Waals surface area (Å²) < 4.78 is 17.4. The molecule has 6 heteroatoms. The summed E-state index contributed by atoms with van der Waals surface area (Å²) in [6, 6.07) is 62.2. The van der Waals surface area contributed by atoms with Crippen molar-refractivity contribution in [2.45, 2.75) is 0 Å². The molecule has 0 N–H and O–H groups in total. The van der Waals surface area contributed by atoms with Gasteiger partial charge in [-0.15, -0.1) is 0 Å². The molecule has 0 radical (unpaired) electrons. The molecule has 0 amide bonds. The summed E-state index contributed by atoms with van der Waals surface area (Å²) >= 11 is 0. The molecule has 0 saturated carbocycles. The Kier molecular flexibility index (Phi) is 7.05. The standard InChI is InChI=1S/C56H30N4O2/c1-57-53-54(58-2)56(60-44-26-14-10-22-36(44)40-30-42-38-24-12-16-28-48(38)62-50(42)32-46(40)60)52(34-19-7-4-8-20-34)51(33-17-5-3-6-18-33)55(53)59-43-25-13-9-21-35(43)39-29-41-37-23-11-15-27-47(37)61-49(41)31-45(39)59/h3-32H. The molecule has 0 aliphatic carbocycles. The van der Waals surface area contributed by atoms with E-state index in [1.54, 1.807) is 0 Å². The maximum atomic E-state index is 9.13. The Balaban J connectivity index is 1.27. The van der Waals surface area contributed by atoms with Gasteiger partial charge in [-0.2, -0.15) is 0 Å². The zero-order valence-corrected chi connectivity index (χ0v) is 32.9. The largest absolute Gasteiger partial charge is 0.456 e. The second-order valence-corrected chi connectivity index (χ2v) is 15.7. The lowest BCUT2D eigenvalue weighted by atomic mass is 9.89. The highest BCUT2D eigenvalue weighted by Gasteiger charge is 2.32. The number of rotatable bonds is 4. The molecule has 13 aromatic rings. The van der Waals surface area contributed by atoms with Crippen molar-refractivity contribution in [3.8, 4) is 33.6 Å². The Morgan fingerprint density at radius 1 is 0.323 bits per heavy atom. The maximum absolute atomic E-state index is 9.13. The molecule has 0 unspecified atom stereocenters. The maximum Gasteiger partial charge on any atom is 0.220 e. The van der Waals surface area contributed by atoms with Crippen molar-refractivity contribution in [1.29, 1.82) is 0 Å². The fraction of sp³-hybridized carbons (Fsp3) is 0. The van der Waals surface area contributed by atoms with Crippen LogP contribution in [0.5, 0.6) is 0 Å².